The highest BCUT2D eigenvalue weighted by Gasteiger charge is 2.51. The van der Waals surface area contributed by atoms with Crippen LogP contribution in [0.15, 0.2) is 18.2 Å². The predicted molar refractivity (Wildman–Crippen MR) is 98.5 cm³/mol. The van der Waals surface area contributed by atoms with E-state index in [9.17, 15) is 19.2 Å². The Balaban J connectivity index is 1.52. The molecule has 3 aliphatic rings. The van der Waals surface area contributed by atoms with Crippen molar-refractivity contribution in [3.05, 3.63) is 29.3 Å². The van der Waals surface area contributed by atoms with Crippen molar-refractivity contribution in [1.82, 2.24) is 10.2 Å². The lowest BCUT2D eigenvalue weighted by atomic mass is 9.90. The van der Waals surface area contributed by atoms with Crippen molar-refractivity contribution in [3.8, 4) is 0 Å². The van der Waals surface area contributed by atoms with Crippen molar-refractivity contribution in [2.75, 3.05) is 11.9 Å². The second kappa shape index (κ2) is 6.48. The lowest BCUT2D eigenvalue weighted by Gasteiger charge is -2.24. The van der Waals surface area contributed by atoms with Gasteiger partial charge >= 0.3 is 6.03 Å². The van der Waals surface area contributed by atoms with Crippen molar-refractivity contribution in [3.63, 3.8) is 0 Å². The van der Waals surface area contributed by atoms with Gasteiger partial charge in [-0.3, -0.25) is 19.3 Å². The summed E-state index contributed by atoms with van der Waals surface area (Å²) in [6.07, 6.45) is 5.18. The van der Waals surface area contributed by atoms with Gasteiger partial charge in [0.1, 0.15) is 5.54 Å². The molecule has 1 aromatic carbocycles. The summed E-state index contributed by atoms with van der Waals surface area (Å²) in [5.41, 5.74) is 1.04. The van der Waals surface area contributed by atoms with E-state index in [1.54, 1.807) is 25.1 Å². The molecule has 0 unspecified atom stereocenters. The van der Waals surface area contributed by atoms with Gasteiger partial charge < -0.3 is 10.6 Å². The summed E-state index contributed by atoms with van der Waals surface area (Å²) in [6.45, 7) is 1.50. The van der Waals surface area contributed by atoms with Crippen LogP contribution in [0.3, 0.4) is 0 Å². The Bertz CT molecular complexity index is 840. The van der Waals surface area contributed by atoms with Crippen LogP contribution in [0.1, 0.15) is 67.3 Å². The molecule has 1 saturated carbocycles. The molecule has 0 aromatic heterocycles. The Morgan fingerprint density at radius 3 is 2.56 bits per heavy atom. The zero-order valence-corrected chi connectivity index (χ0v) is 15.3. The van der Waals surface area contributed by atoms with Gasteiger partial charge in [0.25, 0.3) is 5.91 Å². The van der Waals surface area contributed by atoms with Crippen LogP contribution < -0.4 is 10.6 Å². The highest BCUT2D eigenvalue weighted by Crippen LogP contribution is 2.34. The summed E-state index contributed by atoms with van der Waals surface area (Å²) in [5, 5.41) is 5.62. The largest absolute Gasteiger partial charge is 0.325 e. The Labute approximate surface area is 157 Å². The van der Waals surface area contributed by atoms with E-state index in [1.165, 1.54) is 0 Å². The zero-order chi connectivity index (χ0) is 19.2. The molecule has 2 N–H and O–H groups in total. The number of benzene rings is 1. The van der Waals surface area contributed by atoms with Gasteiger partial charge in [-0.1, -0.05) is 25.7 Å². The number of carbonyl (C=O) groups excluding carboxylic acids is 4. The number of ketones is 1. The summed E-state index contributed by atoms with van der Waals surface area (Å²) in [6, 6.07) is 4.52. The van der Waals surface area contributed by atoms with Crippen LogP contribution in [0.5, 0.6) is 0 Å². The van der Waals surface area contributed by atoms with Gasteiger partial charge in [-0.05, 0) is 43.5 Å². The van der Waals surface area contributed by atoms with Crippen molar-refractivity contribution in [1.29, 1.82) is 0 Å². The minimum atomic E-state index is -0.837. The number of nitrogens with zero attached hydrogens (tertiary/aromatic N) is 1. The smallest absolute Gasteiger partial charge is 0.325 e. The van der Waals surface area contributed by atoms with E-state index in [4.69, 9.17) is 0 Å². The van der Waals surface area contributed by atoms with Gasteiger partial charge in [0, 0.05) is 11.3 Å². The van der Waals surface area contributed by atoms with E-state index >= 15 is 0 Å². The van der Waals surface area contributed by atoms with Gasteiger partial charge in [0.2, 0.25) is 5.91 Å². The molecule has 1 atom stereocenters. The van der Waals surface area contributed by atoms with Gasteiger partial charge in [-0.15, -0.1) is 0 Å². The van der Waals surface area contributed by atoms with E-state index in [2.05, 4.69) is 10.6 Å². The first-order valence-corrected chi connectivity index (χ1v) is 9.53. The Morgan fingerprint density at radius 1 is 1.15 bits per heavy atom. The molecule has 2 aliphatic heterocycles. The van der Waals surface area contributed by atoms with E-state index in [0.717, 1.165) is 36.1 Å². The second-order valence-electron chi connectivity index (χ2n) is 7.75. The molecule has 142 valence electrons. The number of hydrogen-bond donors (Lipinski definition) is 2. The minimum absolute atomic E-state index is 0.0981. The lowest BCUT2D eigenvalue weighted by molar-refractivity contribution is -0.131. The van der Waals surface area contributed by atoms with Crippen LogP contribution in [0.4, 0.5) is 10.5 Å². The number of imide groups is 1. The fourth-order valence-electron chi connectivity index (χ4n) is 4.32. The van der Waals surface area contributed by atoms with Crippen LogP contribution in [0, 0.1) is 0 Å². The van der Waals surface area contributed by atoms with Crippen molar-refractivity contribution in [2.24, 2.45) is 0 Å². The van der Waals surface area contributed by atoms with Crippen molar-refractivity contribution < 1.29 is 19.2 Å². The maximum Gasteiger partial charge on any atom is 0.325 e. The number of hydrogen-bond acceptors (Lipinski definition) is 4. The molecular weight excluding hydrogens is 346 g/mol. The summed E-state index contributed by atoms with van der Waals surface area (Å²) in [5.74, 6) is -1.01. The van der Waals surface area contributed by atoms with Gasteiger partial charge in [-0.2, -0.15) is 0 Å². The Morgan fingerprint density at radius 2 is 1.85 bits per heavy atom. The van der Waals surface area contributed by atoms with E-state index in [1.807, 2.05) is 0 Å². The molecular formula is C20H23N3O4. The number of urea groups is 1. The molecule has 4 amide bonds. The topological polar surface area (TPSA) is 95.6 Å². The molecule has 1 spiro atoms. The molecule has 2 fully saturated rings. The fourth-order valence-corrected chi connectivity index (χ4v) is 4.32. The maximum atomic E-state index is 12.9. The summed E-state index contributed by atoms with van der Waals surface area (Å²) < 4.78 is 0. The van der Waals surface area contributed by atoms with E-state index in [0.29, 0.717) is 24.1 Å². The van der Waals surface area contributed by atoms with Crippen LogP contribution in [-0.4, -0.2) is 40.6 Å². The monoisotopic (exact) mass is 369 g/mol. The first-order chi connectivity index (χ1) is 12.9. The molecule has 4 rings (SSSR count). The fraction of sp³-hybridized carbons (Fsp3) is 0.500. The third-order valence-corrected chi connectivity index (χ3v) is 6.00. The van der Waals surface area contributed by atoms with E-state index in [-0.39, 0.29) is 30.1 Å². The third-order valence-electron chi connectivity index (χ3n) is 6.00. The SMILES string of the molecule is C[C@@H]1C(=O)Nc2ccc(C(=O)CN3C(=O)NC4(CCCCCC4)C3=O)cc21. The maximum absolute atomic E-state index is 12.9. The van der Waals surface area contributed by atoms with Gasteiger partial charge in [0.15, 0.2) is 5.78 Å². The highest BCUT2D eigenvalue weighted by molar-refractivity contribution is 6.11. The van der Waals surface area contributed by atoms with Crippen molar-refractivity contribution in [2.45, 2.75) is 56.9 Å². The predicted octanol–water partition coefficient (Wildman–Crippen LogP) is 2.57. The molecule has 0 bridgehead atoms. The quantitative estimate of drug-likeness (QED) is 0.632. The van der Waals surface area contributed by atoms with Crippen molar-refractivity contribution >= 4 is 29.3 Å². The molecule has 1 saturated heterocycles. The summed E-state index contributed by atoms with van der Waals surface area (Å²) >= 11 is 0. The number of carbonyl (C=O) groups is 4. The molecule has 7 nitrogen and oxygen atoms in total. The van der Waals surface area contributed by atoms with E-state index < -0.39 is 11.6 Å². The standard InChI is InChI=1S/C20H23N3O4/c1-12-14-10-13(6-7-15(14)21-17(12)25)16(24)11-23-18(26)20(22-19(23)27)8-4-2-3-5-9-20/h6-7,10,12H,2-5,8-9,11H2,1H3,(H,21,25)(H,22,27)/t12-/m0/s1. The Kier molecular flexibility index (Phi) is 4.25. The third kappa shape index (κ3) is 2.91. The molecule has 1 aliphatic carbocycles. The normalized spacial score (nSPS) is 23.8. The first kappa shape index (κ1) is 17.7. The Hall–Kier alpha value is -2.70. The molecule has 2 heterocycles. The van der Waals surface area contributed by atoms with Crippen LogP contribution in [-0.2, 0) is 9.59 Å². The van der Waals surface area contributed by atoms with Gasteiger partial charge in [-0.25, -0.2) is 4.79 Å². The summed E-state index contributed by atoms with van der Waals surface area (Å²) in [4.78, 5) is 50.9. The molecule has 1 aromatic rings. The number of fused-ring (bicyclic) bond motifs is 1. The highest BCUT2D eigenvalue weighted by atomic mass is 16.2. The first-order valence-electron chi connectivity index (χ1n) is 9.53. The van der Waals surface area contributed by atoms with Crippen LogP contribution >= 0.6 is 0 Å². The van der Waals surface area contributed by atoms with Gasteiger partial charge in [0.05, 0.1) is 12.5 Å². The number of nitrogens with one attached hydrogen (secondary N) is 2. The minimum Gasteiger partial charge on any atom is -0.325 e. The zero-order valence-electron chi connectivity index (χ0n) is 15.3. The summed E-state index contributed by atoms with van der Waals surface area (Å²) in [7, 11) is 0. The number of anilines is 1. The number of amides is 4. The average Bonchev–Trinajstić information content (AvgIpc) is 2.93. The number of Topliss-reactive ketones (excluding diaryl/α,β-unsaturated/α-hetero) is 1. The molecule has 0 radical (unpaired) electrons. The average molecular weight is 369 g/mol. The molecule has 27 heavy (non-hydrogen) atoms. The van der Waals surface area contributed by atoms with Crippen LogP contribution in [0.25, 0.3) is 0 Å². The second-order valence-corrected chi connectivity index (χ2v) is 7.75. The van der Waals surface area contributed by atoms with Crippen LogP contribution in [0.2, 0.25) is 0 Å². The number of rotatable bonds is 3. The lowest BCUT2D eigenvalue weighted by Crippen LogP contribution is -2.46. The molecule has 7 heteroatoms.